The normalized spacial score (nSPS) is 13.9. The van der Waals surface area contributed by atoms with Gasteiger partial charge in [0.1, 0.15) is 5.41 Å². The van der Waals surface area contributed by atoms with Gasteiger partial charge in [-0.1, -0.05) is 0 Å². The number of carbonyl (C=O) groups is 2. The third-order valence-corrected chi connectivity index (χ3v) is 1.97. The van der Waals surface area contributed by atoms with Gasteiger partial charge in [0.2, 0.25) is 5.91 Å². The van der Waals surface area contributed by atoms with Crippen molar-refractivity contribution in [3.05, 3.63) is 0 Å². The summed E-state index contributed by atoms with van der Waals surface area (Å²) in [6.45, 7) is 1.37. The first-order valence-electron chi connectivity index (χ1n) is 3.88. The largest absolute Gasteiger partial charge is 0.480 e. The quantitative estimate of drug-likeness (QED) is 0.484. The molecule has 2 N–H and O–H groups in total. The zero-order valence-electron chi connectivity index (χ0n) is 7.76. The van der Waals surface area contributed by atoms with Crippen molar-refractivity contribution in [1.29, 1.82) is 0 Å². The number of carboxylic acids is 1. The van der Waals surface area contributed by atoms with Gasteiger partial charge < -0.3 is 10.4 Å². The van der Waals surface area contributed by atoms with Crippen LogP contribution in [0.1, 0.15) is 19.8 Å². The van der Waals surface area contributed by atoms with E-state index in [0.29, 0.717) is 0 Å². The highest BCUT2D eigenvalue weighted by Crippen LogP contribution is 2.23. The Morgan fingerprint density at radius 2 is 2.15 bits per heavy atom. The van der Waals surface area contributed by atoms with Crippen LogP contribution in [0.2, 0.25) is 0 Å². The molecule has 0 rings (SSSR count). The molecule has 13 heavy (non-hydrogen) atoms. The number of hydrogen-bond donors (Lipinski definition) is 2. The van der Waals surface area contributed by atoms with Gasteiger partial charge in [-0.15, -0.1) is 12.3 Å². The number of terminal acetylenes is 1. The number of amides is 1. The van der Waals surface area contributed by atoms with E-state index >= 15 is 0 Å². The lowest BCUT2D eigenvalue weighted by Crippen LogP contribution is -2.43. The Labute approximate surface area is 77.3 Å². The van der Waals surface area contributed by atoms with E-state index in [1.54, 1.807) is 0 Å². The zero-order chi connectivity index (χ0) is 10.5. The Hall–Kier alpha value is -1.50. The van der Waals surface area contributed by atoms with Crippen LogP contribution in [-0.2, 0) is 9.59 Å². The van der Waals surface area contributed by atoms with Gasteiger partial charge in [-0.3, -0.25) is 9.59 Å². The van der Waals surface area contributed by atoms with Gasteiger partial charge in [-0.25, -0.2) is 0 Å². The molecule has 0 bridgehead atoms. The van der Waals surface area contributed by atoms with E-state index in [1.807, 2.05) is 0 Å². The van der Waals surface area contributed by atoms with Crippen LogP contribution in [0, 0.1) is 17.8 Å². The molecule has 1 atom stereocenters. The second-order valence-corrected chi connectivity index (χ2v) is 2.92. The fourth-order valence-corrected chi connectivity index (χ4v) is 0.916. The monoisotopic (exact) mass is 183 g/mol. The summed E-state index contributed by atoms with van der Waals surface area (Å²) in [5, 5.41) is 11.1. The Bertz CT molecular complexity index is 254. The molecule has 0 aliphatic rings. The van der Waals surface area contributed by atoms with Crippen LogP contribution in [0.3, 0.4) is 0 Å². The fraction of sp³-hybridized carbons (Fsp3) is 0.556. The molecule has 0 heterocycles. The first-order chi connectivity index (χ1) is 5.99. The second-order valence-electron chi connectivity index (χ2n) is 2.92. The summed E-state index contributed by atoms with van der Waals surface area (Å²) in [5.74, 6) is 0.645. The average Bonchev–Trinajstić information content (AvgIpc) is 2.12. The molecule has 0 spiro atoms. The number of nitrogens with one attached hydrogen (secondary N) is 1. The van der Waals surface area contributed by atoms with Crippen molar-refractivity contribution in [3.63, 3.8) is 0 Å². The molecule has 4 nitrogen and oxygen atoms in total. The molecule has 0 saturated carbocycles. The van der Waals surface area contributed by atoms with Gasteiger partial charge in [-0.2, -0.15) is 0 Å². The van der Waals surface area contributed by atoms with Crippen molar-refractivity contribution in [1.82, 2.24) is 5.32 Å². The number of rotatable bonds is 4. The lowest BCUT2D eigenvalue weighted by Gasteiger charge is -2.21. The fourth-order valence-electron chi connectivity index (χ4n) is 0.916. The topological polar surface area (TPSA) is 66.4 Å². The number of carbonyl (C=O) groups excluding carboxylic acids is 1. The predicted octanol–water partition coefficient (Wildman–Crippen LogP) is 0.237. The maximum absolute atomic E-state index is 11.2. The van der Waals surface area contributed by atoms with Crippen molar-refractivity contribution in [2.75, 3.05) is 7.05 Å². The molecule has 72 valence electrons. The minimum absolute atomic E-state index is 0.151. The summed E-state index contributed by atoms with van der Waals surface area (Å²) in [6, 6.07) is 0. The van der Waals surface area contributed by atoms with Crippen LogP contribution in [0.15, 0.2) is 0 Å². The molecule has 4 heteroatoms. The first kappa shape index (κ1) is 11.5. The first-order valence-corrected chi connectivity index (χ1v) is 3.88. The van der Waals surface area contributed by atoms with E-state index in [1.165, 1.54) is 14.0 Å². The average molecular weight is 183 g/mol. The molecule has 0 aromatic carbocycles. The van der Waals surface area contributed by atoms with Crippen molar-refractivity contribution in [2.45, 2.75) is 19.8 Å². The van der Waals surface area contributed by atoms with Gasteiger partial charge in [0.25, 0.3) is 0 Å². The molecular weight excluding hydrogens is 170 g/mol. The van der Waals surface area contributed by atoms with Gasteiger partial charge >= 0.3 is 5.97 Å². The Morgan fingerprint density at radius 1 is 1.62 bits per heavy atom. The minimum Gasteiger partial charge on any atom is -0.480 e. The number of aliphatic carboxylic acids is 1. The Kier molecular flexibility index (Phi) is 3.99. The van der Waals surface area contributed by atoms with Gasteiger partial charge in [0.15, 0.2) is 0 Å². The summed E-state index contributed by atoms with van der Waals surface area (Å²) in [5.41, 5.74) is -1.42. The van der Waals surface area contributed by atoms with Crippen molar-refractivity contribution < 1.29 is 14.7 Å². The number of hydrogen-bond acceptors (Lipinski definition) is 2. The highest BCUT2D eigenvalue weighted by molar-refractivity contribution is 6.01. The lowest BCUT2D eigenvalue weighted by atomic mass is 9.84. The van der Waals surface area contributed by atoms with Crippen molar-refractivity contribution in [3.8, 4) is 12.3 Å². The van der Waals surface area contributed by atoms with E-state index in [-0.39, 0.29) is 12.8 Å². The SMILES string of the molecule is C#CCCC(C)(C(=O)O)C(=O)NC. The van der Waals surface area contributed by atoms with Crippen LogP contribution in [-0.4, -0.2) is 24.0 Å². The summed E-state index contributed by atoms with van der Waals surface area (Å²) >= 11 is 0. The van der Waals surface area contributed by atoms with E-state index in [9.17, 15) is 9.59 Å². The third kappa shape index (κ3) is 2.48. The van der Waals surface area contributed by atoms with Gasteiger partial charge in [0, 0.05) is 13.5 Å². The molecule has 1 amide bonds. The summed E-state index contributed by atoms with van der Waals surface area (Å²) in [7, 11) is 1.40. The molecule has 0 aromatic heterocycles. The molecule has 0 fully saturated rings. The van der Waals surface area contributed by atoms with E-state index < -0.39 is 17.3 Å². The Balaban J connectivity index is 4.64. The summed E-state index contributed by atoms with van der Waals surface area (Å²) in [4.78, 5) is 22.0. The predicted molar refractivity (Wildman–Crippen MR) is 47.9 cm³/mol. The van der Waals surface area contributed by atoms with Crippen molar-refractivity contribution in [2.24, 2.45) is 5.41 Å². The summed E-state index contributed by atoms with van der Waals surface area (Å²) < 4.78 is 0. The molecule has 0 aliphatic carbocycles. The summed E-state index contributed by atoms with van der Waals surface area (Å²) in [6.07, 6.45) is 5.43. The minimum atomic E-state index is -1.42. The maximum atomic E-state index is 11.2. The standard InChI is InChI=1S/C9H13NO3/c1-4-5-6-9(2,8(12)13)7(11)10-3/h1H,5-6H2,2-3H3,(H,10,11)(H,12,13). The lowest BCUT2D eigenvalue weighted by molar-refractivity contribution is -0.154. The third-order valence-electron chi connectivity index (χ3n) is 1.97. The molecule has 0 aliphatic heterocycles. The molecule has 0 radical (unpaired) electrons. The van der Waals surface area contributed by atoms with Gasteiger partial charge in [0.05, 0.1) is 0 Å². The van der Waals surface area contributed by atoms with Crippen LogP contribution in [0.4, 0.5) is 0 Å². The smallest absolute Gasteiger partial charge is 0.318 e. The van der Waals surface area contributed by atoms with E-state index in [2.05, 4.69) is 11.2 Å². The van der Waals surface area contributed by atoms with Crippen LogP contribution in [0.25, 0.3) is 0 Å². The maximum Gasteiger partial charge on any atom is 0.318 e. The second kappa shape index (κ2) is 4.51. The van der Waals surface area contributed by atoms with Gasteiger partial charge in [-0.05, 0) is 13.3 Å². The van der Waals surface area contributed by atoms with E-state index in [0.717, 1.165) is 0 Å². The van der Waals surface area contributed by atoms with E-state index in [4.69, 9.17) is 11.5 Å². The highest BCUT2D eigenvalue weighted by atomic mass is 16.4. The van der Waals surface area contributed by atoms with Crippen molar-refractivity contribution >= 4 is 11.9 Å². The molecule has 1 unspecified atom stereocenters. The molecule has 0 saturated heterocycles. The van der Waals surface area contributed by atoms with Crippen LogP contribution < -0.4 is 5.32 Å². The Morgan fingerprint density at radius 3 is 2.46 bits per heavy atom. The number of carboxylic acid groups (broad SMARTS) is 1. The highest BCUT2D eigenvalue weighted by Gasteiger charge is 2.39. The molecule has 0 aromatic rings. The van der Waals surface area contributed by atoms with Crippen LogP contribution in [0.5, 0.6) is 0 Å². The molecular formula is C9H13NO3. The zero-order valence-corrected chi connectivity index (χ0v) is 7.76. The van der Waals surface area contributed by atoms with Crippen LogP contribution >= 0.6 is 0 Å².